The van der Waals surface area contributed by atoms with Crippen molar-refractivity contribution in [3.63, 3.8) is 0 Å². The molecule has 2 aliphatic carbocycles. The SMILES string of the molecule is CCN(C(=O)OCC1C=CC(N)=CC1)C1CCN(CCC2(c3ccccc3)CCC(NC)CC2)CC1. The number of nitrogens with two attached hydrogens (primary N) is 1. The zero-order chi connectivity index (χ0) is 25.4. The number of hydrogen-bond donors (Lipinski definition) is 2. The van der Waals surface area contributed by atoms with Gasteiger partial charge in [-0.1, -0.05) is 42.5 Å². The van der Waals surface area contributed by atoms with E-state index < -0.39 is 0 Å². The predicted molar refractivity (Wildman–Crippen MR) is 147 cm³/mol. The highest BCUT2D eigenvalue weighted by Gasteiger charge is 2.37. The van der Waals surface area contributed by atoms with Crippen molar-refractivity contribution < 1.29 is 9.53 Å². The average molecular weight is 495 g/mol. The molecule has 0 aromatic heterocycles. The van der Waals surface area contributed by atoms with Crippen LogP contribution in [0, 0.1) is 5.92 Å². The summed E-state index contributed by atoms with van der Waals surface area (Å²) in [6, 6.07) is 12.1. The van der Waals surface area contributed by atoms with Crippen LogP contribution in [0.1, 0.15) is 63.9 Å². The highest BCUT2D eigenvalue weighted by Crippen LogP contribution is 2.42. The summed E-state index contributed by atoms with van der Waals surface area (Å²) in [7, 11) is 2.10. The summed E-state index contributed by atoms with van der Waals surface area (Å²) >= 11 is 0. The standard InChI is InChI=1S/C30H46N4O2/c1-3-34(29(35)36-23-24-9-11-26(31)12-10-24)28-15-20-33(21-16-28)22-19-30(25-7-5-4-6-8-25)17-13-27(32-2)14-18-30/h4-9,11-12,24,27-28,32H,3,10,13-23,31H2,1-2H3. The maximum absolute atomic E-state index is 12.9. The van der Waals surface area contributed by atoms with Gasteiger partial charge in [-0.15, -0.1) is 0 Å². The van der Waals surface area contributed by atoms with Gasteiger partial charge >= 0.3 is 6.09 Å². The average Bonchev–Trinajstić information content (AvgIpc) is 2.93. The van der Waals surface area contributed by atoms with Crippen LogP contribution in [0.4, 0.5) is 4.79 Å². The lowest BCUT2D eigenvalue weighted by Gasteiger charge is -2.43. The first-order valence-corrected chi connectivity index (χ1v) is 14.1. The minimum atomic E-state index is -0.170. The van der Waals surface area contributed by atoms with E-state index in [0.29, 0.717) is 19.2 Å². The second kappa shape index (κ2) is 12.8. The largest absolute Gasteiger partial charge is 0.449 e. The molecule has 198 valence electrons. The Hall–Kier alpha value is -2.31. The summed E-state index contributed by atoms with van der Waals surface area (Å²) in [6.45, 7) is 6.41. The van der Waals surface area contributed by atoms with E-state index in [1.165, 1.54) is 37.7 Å². The fraction of sp³-hybridized carbons (Fsp3) is 0.633. The van der Waals surface area contributed by atoms with Crippen molar-refractivity contribution in [1.29, 1.82) is 0 Å². The van der Waals surface area contributed by atoms with E-state index in [2.05, 4.69) is 54.5 Å². The summed E-state index contributed by atoms with van der Waals surface area (Å²) in [6.07, 6.45) is 14.9. The molecule has 36 heavy (non-hydrogen) atoms. The molecule has 1 heterocycles. The molecular formula is C30H46N4O2. The summed E-state index contributed by atoms with van der Waals surface area (Å²) in [4.78, 5) is 17.4. The maximum atomic E-state index is 12.9. The molecule has 1 atom stereocenters. The quantitative estimate of drug-likeness (QED) is 0.515. The minimum absolute atomic E-state index is 0.170. The number of nitrogens with zero attached hydrogens (tertiary/aromatic N) is 2. The number of allylic oxidation sites excluding steroid dienone is 2. The first-order chi connectivity index (χ1) is 17.5. The Kier molecular flexibility index (Phi) is 9.49. The Bertz CT molecular complexity index is 883. The molecule has 4 rings (SSSR count). The van der Waals surface area contributed by atoms with Gasteiger partial charge in [0, 0.05) is 43.3 Å². The molecule has 1 aliphatic heterocycles. The Balaban J connectivity index is 1.26. The predicted octanol–water partition coefficient (Wildman–Crippen LogP) is 4.82. The molecule has 0 spiro atoms. The molecule has 0 bridgehead atoms. The summed E-state index contributed by atoms with van der Waals surface area (Å²) in [5.74, 6) is 0.224. The minimum Gasteiger partial charge on any atom is -0.449 e. The Labute approximate surface area is 217 Å². The van der Waals surface area contributed by atoms with Crippen LogP contribution in [0.3, 0.4) is 0 Å². The Morgan fingerprint density at radius 2 is 1.89 bits per heavy atom. The third-order valence-electron chi connectivity index (χ3n) is 8.85. The molecule has 1 aromatic rings. The normalized spacial score (nSPS) is 27.4. The summed E-state index contributed by atoms with van der Waals surface area (Å²) in [5, 5.41) is 3.49. The number of benzene rings is 1. The van der Waals surface area contributed by atoms with Gasteiger partial charge in [0.05, 0.1) is 6.61 Å². The van der Waals surface area contributed by atoms with Gasteiger partial charge in [-0.25, -0.2) is 4.79 Å². The van der Waals surface area contributed by atoms with Crippen molar-refractivity contribution in [1.82, 2.24) is 15.1 Å². The van der Waals surface area contributed by atoms with Gasteiger partial charge in [0.1, 0.15) is 0 Å². The maximum Gasteiger partial charge on any atom is 0.410 e. The molecule has 1 aromatic carbocycles. The van der Waals surface area contributed by atoms with Crippen LogP contribution in [0.2, 0.25) is 0 Å². The number of ether oxygens (including phenoxy) is 1. The second-order valence-electron chi connectivity index (χ2n) is 11.0. The van der Waals surface area contributed by atoms with Crippen molar-refractivity contribution in [2.24, 2.45) is 11.7 Å². The molecule has 1 amide bonds. The van der Waals surface area contributed by atoms with E-state index in [-0.39, 0.29) is 23.5 Å². The van der Waals surface area contributed by atoms with Crippen molar-refractivity contribution >= 4 is 6.09 Å². The highest BCUT2D eigenvalue weighted by atomic mass is 16.6. The topological polar surface area (TPSA) is 70.8 Å². The first-order valence-electron chi connectivity index (χ1n) is 14.1. The van der Waals surface area contributed by atoms with E-state index in [1.807, 2.05) is 23.1 Å². The molecule has 6 nitrogen and oxygen atoms in total. The number of carbonyl (C=O) groups is 1. The van der Waals surface area contributed by atoms with Crippen LogP contribution in [0.15, 0.2) is 54.3 Å². The smallest absolute Gasteiger partial charge is 0.410 e. The van der Waals surface area contributed by atoms with Crippen molar-refractivity contribution in [2.75, 3.05) is 39.8 Å². The van der Waals surface area contributed by atoms with E-state index in [9.17, 15) is 4.79 Å². The number of amides is 1. The van der Waals surface area contributed by atoms with Crippen LogP contribution in [-0.2, 0) is 10.2 Å². The lowest BCUT2D eigenvalue weighted by Crippen LogP contribution is -2.48. The van der Waals surface area contributed by atoms with Crippen molar-refractivity contribution in [3.8, 4) is 0 Å². The molecule has 1 unspecified atom stereocenters. The number of nitrogens with one attached hydrogen (secondary N) is 1. The van der Waals surface area contributed by atoms with Crippen LogP contribution in [0.25, 0.3) is 0 Å². The zero-order valence-corrected chi connectivity index (χ0v) is 22.3. The van der Waals surface area contributed by atoms with E-state index in [0.717, 1.165) is 44.6 Å². The first kappa shape index (κ1) is 26.7. The zero-order valence-electron chi connectivity index (χ0n) is 22.3. The van der Waals surface area contributed by atoms with Gasteiger partial charge in [0.15, 0.2) is 0 Å². The van der Waals surface area contributed by atoms with Crippen molar-refractivity contribution in [2.45, 2.75) is 75.8 Å². The van der Waals surface area contributed by atoms with Crippen molar-refractivity contribution in [3.05, 3.63) is 59.8 Å². The van der Waals surface area contributed by atoms with Gasteiger partial charge in [0.2, 0.25) is 0 Å². The van der Waals surface area contributed by atoms with E-state index in [1.54, 1.807) is 0 Å². The van der Waals surface area contributed by atoms with E-state index in [4.69, 9.17) is 10.5 Å². The number of rotatable bonds is 9. The summed E-state index contributed by atoms with van der Waals surface area (Å²) in [5.41, 5.74) is 8.39. The van der Waals surface area contributed by atoms with Gasteiger partial charge in [-0.2, -0.15) is 0 Å². The lowest BCUT2D eigenvalue weighted by molar-refractivity contribution is 0.0599. The van der Waals surface area contributed by atoms with Crippen LogP contribution < -0.4 is 11.1 Å². The van der Waals surface area contributed by atoms with Gasteiger partial charge in [-0.05, 0) is 88.9 Å². The van der Waals surface area contributed by atoms with Crippen LogP contribution in [0.5, 0.6) is 0 Å². The number of likely N-dealkylation sites (tertiary alicyclic amines) is 1. The molecule has 0 radical (unpaired) electrons. The third-order valence-corrected chi connectivity index (χ3v) is 8.85. The van der Waals surface area contributed by atoms with Gasteiger partial charge < -0.3 is 25.6 Å². The fourth-order valence-electron chi connectivity index (χ4n) is 6.36. The Morgan fingerprint density at radius 3 is 2.50 bits per heavy atom. The third kappa shape index (κ3) is 6.71. The molecular weight excluding hydrogens is 448 g/mol. The van der Waals surface area contributed by atoms with Gasteiger partial charge in [-0.3, -0.25) is 0 Å². The molecule has 3 aliphatic rings. The molecule has 2 fully saturated rings. The molecule has 1 saturated heterocycles. The Morgan fingerprint density at radius 1 is 1.17 bits per heavy atom. The van der Waals surface area contributed by atoms with Gasteiger partial charge in [0.25, 0.3) is 0 Å². The highest BCUT2D eigenvalue weighted by molar-refractivity contribution is 5.68. The van der Waals surface area contributed by atoms with E-state index >= 15 is 0 Å². The summed E-state index contributed by atoms with van der Waals surface area (Å²) < 4.78 is 5.70. The number of piperidine rings is 1. The number of carbonyl (C=O) groups excluding carboxylic acids is 1. The van der Waals surface area contributed by atoms with Crippen LogP contribution >= 0.6 is 0 Å². The number of hydrogen-bond acceptors (Lipinski definition) is 5. The molecule has 6 heteroatoms. The lowest BCUT2D eigenvalue weighted by atomic mass is 9.66. The monoisotopic (exact) mass is 494 g/mol. The molecule has 3 N–H and O–H groups in total. The fourth-order valence-corrected chi connectivity index (χ4v) is 6.36. The molecule has 1 saturated carbocycles. The van der Waals surface area contributed by atoms with Crippen LogP contribution in [-0.4, -0.2) is 67.8 Å². The second-order valence-corrected chi connectivity index (χ2v) is 11.0.